The van der Waals surface area contributed by atoms with Gasteiger partial charge < -0.3 is 9.80 Å². The van der Waals surface area contributed by atoms with Crippen molar-refractivity contribution in [3.8, 4) is 0 Å². The zero-order valence-corrected chi connectivity index (χ0v) is 18.7. The normalized spacial score (nSPS) is 25.9. The summed E-state index contributed by atoms with van der Waals surface area (Å²) < 4.78 is 0. The van der Waals surface area contributed by atoms with E-state index in [1.54, 1.807) is 6.33 Å². The molecule has 0 radical (unpaired) electrons. The van der Waals surface area contributed by atoms with Crippen LogP contribution in [0.25, 0.3) is 0 Å². The number of amides is 2. The molecule has 1 aromatic heterocycles. The second kappa shape index (κ2) is 9.53. The average Bonchev–Trinajstić information content (AvgIpc) is 3.47. The number of anilines is 1. The van der Waals surface area contributed by atoms with Crippen molar-refractivity contribution in [3.05, 3.63) is 18.1 Å². The lowest BCUT2D eigenvalue weighted by Crippen LogP contribution is -2.54. The lowest BCUT2D eigenvalue weighted by molar-refractivity contribution is 0.119. The monoisotopic (exact) mass is 424 g/mol. The topological polar surface area (TPSA) is 64.9 Å². The fraction of sp³-hybridized carbons (Fsp3) is 0.750. The first-order valence-electron chi connectivity index (χ1n) is 12.5. The van der Waals surface area contributed by atoms with Crippen LogP contribution in [0.2, 0.25) is 0 Å². The molecule has 0 spiro atoms. The fourth-order valence-corrected chi connectivity index (χ4v) is 5.96. The number of carbonyl (C=O) groups is 1. The highest BCUT2D eigenvalue weighted by Crippen LogP contribution is 2.34. The number of hydrogen-bond donors (Lipinski definition) is 0. The Hall–Kier alpha value is -2.18. The van der Waals surface area contributed by atoms with Crippen molar-refractivity contribution in [2.45, 2.75) is 82.6 Å². The van der Waals surface area contributed by atoms with E-state index in [-0.39, 0.29) is 12.1 Å². The third kappa shape index (κ3) is 4.55. The van der Waals surface area contributed by atoms with Gasteiger partial charge in [-0.1, -0.05) is 38.5 Å². The molecular formula is C24H36N6O. The minimum absolute atomic E-state index is 0.0944. The van der Waals surface area contributed by atoms with Gasteiger partial charge in [-0.05, 0) is 31.6 Å². The van der Waals surface area contributed by atoms with Gasteiger partial charge in [-0.25, -0.2) is 19.8 Å². The largest absolute Gasteiger partial charge is 0.353 e. The van der Waals surface area contributed by atoms with Crippen LogP contribution in [-0.4, -0.2) is 64.3 Å². The summed E-state index contributed by atoms with van der Waals surface area (Å²) in [6.07, 6.45) is 17.5. The zero-order chi connectivity index (χ0) is 21.0. The van der Waals surface area contributed by atoms with E-state index in [0.29, 0.717) is 11.8 Å². The maximum absolute atomic E-state index is 13.3. The quantitative estimate of drug-likeness (QED) is 0.675. The highest BCUT2D eigenvalue weighted by atomic mass is 16.2. The van der Waals surface area contributed by atoms with E-state index in [0.717, 1.165) is 38.4 Å². The molecule has 1 aromatic rings. The molecule has 3 fully saturated rings. The second-order valence-electron chi connectivity index (χ2n) is 9.74. The van der Waals surface area contributed by atoms with Gasteiger partial charge in [0.05, 0.1) is 6.04 Å². The lowest BCUT2D eigenvalue weighted by atomic mass is 9.90. The highest BCUT2D eigenvalue weighted by molar-refractivity contribution is 5.78. The Balaban J connectivity index is 1.19. The van der Waals surface area contributed by atoms with Gasteiger partial charge in [0.25, 0.3) is 0 Å². The van der Waals surface area contributed by atoms with Crippen LogP contribution in [0.15, 0.2) is 17.5 Å². The van der Waals surface area contributed by atoms with Gasteiger partial charge in [-0.15, -0.1) is 0 Å². The van der Waals surface area contributed by atoms with Crippen LogP contribution in [0.3, 0.4) is 0 Å². The van der Waals surface area contributed by atoms with Crippen molar-refractivity contribution in [1.82, 2.24) is 19.9 Å². The van der Waals surface area contributed by atoms with E-state index in [9.17, 15) is 4.79 Å². The van der Waals surface area contributed by atoms with E-state index < -0.39 is 0 Å². The number of aromatic nitrogens is 2. The molecule has 3 heterocycles. The van der Waals surface area contributed by atoms with Gasteiger partial charge >= 0.3 is 6.03 Å². The van der Waals surface area contributed by atoms with E-state index in [2.05, 4.69) is 26.0 Å². The summed E-state index contributed by atoms with van der Waals surface area (Å²) in [5.41, 5.74) is 1.19. The van der Waals surface area contributed by atoms with Crippen molar-refractivity contribution in [2.75, 3.05) is 31.1 Å². The molecule has 5 rings (SSSR count). The molecule has 2 aliphatic carbocycles. The van der Waals surface area contributed by atoms with Crippen LogP contribution in [0.4, 0.5) is 10.6 Å². The Labute approximate surface area is 185 Å². The number of carbonyl (C=O) groups excluding carboxylic acids is 1. The molecule has 2 saturated carbocycles. The molecule has 1 unspecified atom stereocenters. The van der Waals surface area contributed by atoms with Crippen LogP contribution in [0.5, 0.6) is 0 Å². The average molecular weight is 425 g/mol. The van der Waals surface area contributed by atoms with E-state index in [1.807, 2.05) is 16.1 Å². The van der Waals surface area contributed by atoms with Gasteiger partial charge in [-0.3, -0.25) is 0 Å². The van der Waals surface area contributed by atoms with Crippen LogP contribution >= 0.6 is 0 Å². The molecular weight excluding hydrogens is 388 g/mol. The van der Waals surface area contributed by atoms with Gasteiger partial charge in [-0.2, -0.15) is 5.10 Å². The van der Waals surface area contributed by atoms with Crippen LogP contribution in [0.1, 0.15) is 82.2 Å². The smallest absolute Gasteiger partial charge is 0.340 e. The summed E-state index contributed by atoms with van der Waals surface area (Å²) in [4.78, 5) is 26.7. The Morgan fingerprint density at radius 3 is 2.32 bits per heavy atom. The molecule has 0 N–H and O–H groups in total. The van der Waals surface area contributed by atoms with Gasteiger partial charge in [0, 0.05) is 56.5 Å². The molecule has 7 heteroatoms. The molecule has 7 nitrogen and oxygen atoms in total. The molecule has 0 aromatic carbocycles. The zero-order valence-electron chi connectivity index (χ0n) is 18.7. The first kappa shape index (κ1) is 20.7. The molecule has 1 saturated heterocycles. The molecule has 2 aliphatic heterocycles. The summed E-state index contributed by atoms with van der Waals surface area (Å²) in [5.74, 6) is 2.21. The van der Waals surface area contributed by atoms with Crippen molar-refractivity contribution >= 4 is 18.1 Å². The fourth-order valence-electron chi connectivity index (χ4n) is 5.96. The Morgan fingerprint density at radius 1 is 0.871 bits per heavy atom. The Kier molecular flexibility index (Phi) is 6.37. The lowest BCUT2D eigenvalue weighted by Gasteiger charge is -2.38. The molecule has 168 valence electrons. The van der Waals surface area contributed by atoms with E-state index in [4.69, 9.17) is 0 Å². The number of rotatable bonds is 3. The van der Waals surface area contributed by atoms with Crippen molar-refractivity contribution < 1.29 is 4.79 Å². The number of nitrogens with zero attached hydrogens (tertiary/aromatic N) is 6. The van der Waals surface area contributed by atoms with Crippen molar-refractivity contribution in [2.24, 2.45) is 11.0 Å². The van der Waals surface area contributed by atoms with Gasteiger partial charge in [0.1, 0.15) is 12.1 Å². The predicted octanol–water partition coefficient (Wildman–Crippen LogP) is 4.41. The van der Waals surface area contributed by atoms with Gasteiger partial charge in [0.15, 0.2) is 0 Å². The number of urea groups is 1. The van der Waals surface area contributed by atoms with Crippen LogP contribution in [0, 0.1) is 5.92 Å². The van der Waals surface area contributed by atoms with Gasteiger partial charge in [0.2, 0.25) is 0 Å². The third-order valence-electron chi connectivity index (χ3n) is 7.83. The maximum Gasteiger partial charge on any atom is 0.340 e. The summed E-state index contributed by atoms with van der Waals surface area (Å²) in [5, 5.41) is 6.33. The number of hydrogen-bond acceptors (Lipinski definition) is 5. The molecule has 31 heavy (non-hydrogen) atoms. The maximum atomic E-state index is 13.3. The summed E-state index contributed by atoms with van der Waals surface area (Å²) in [6, 6.07) is 2.54. The first-order valence-corrected chi connectivity index (χ1v) is 12.5. The summed E-state index contributed by atoms with van der Waals surface area (Å²) in [6.45, 7) is 3.09. The minimum Gasteiger partial charge on any atom is -0.353 e. The molecule has 4 aliphatic rings. The summed E-state index contributed by atoms with van der Waals surface area (Å²) in [7, 11) is 0. The van der Waals surface area contributed by atoms with Crippen LogP contribution in [-0.2, 0) is 0 Å². The van der Waals surface area contributed by atoms with Crippen molar-refractivity contribution in [3.63, 3.8) is 0 Å². The molecule has 1 atom stereocenters. The first-order chi connectivity index (χ1) is 15.3. The standard InChI is InChI=1S/C24H36N6O/c31-24(30-22(11-12-27-30)20-9-3-1-2-4-10-20)29-15-13-28(14-16-29)23-17-21(25-18-26-23)19-7-5-6-8-19/h12,17-20,22H,1-11,13-16H2. The molecule has 2 amide bonds. The number of piperazine rings is 1. The highest BCUT2D eigenvalue weighted by Gasteiger charge is 2.36. The van der Waals surface area contributed by atoms with E-state index in [1.165, 1.54) is 69.9 Å². The second-order valence-corrected chi connectivity index (χ2v) is 9.74. The third-order valence-corrected chi connectivity index (χ3v) is 7.83. The van der Waals surface area contributed by atoms with E-state index >= 15 is 0 Å². The minimum atomic E-state index is 0.0944. The Bertz CT molecular complexity index is 776. The van der Waals surface area contributed by atoms with Crippen LogP contribution < -0.4 is 4.90 Å². The SMILES string of the molecule is O=C(N1CCN(c2cc(C3CCCC3)ncn2)CC1)N1N=CCC1C1CCCCCC1. The molecule has 0 bridgehead atoms. The predicted molar refractivity (Wildman–Crippen MR) is 122 cm³/mol. The Morgan fingerprint density at radius 2 is 1.58 bits per heavy atom. The van der Waals surface area contributed by atoms with Crippen molar-refractivity contribution in [1.29, 1.82) is 0 Å². The number of hydrazone groups is 1. The summed E-state index contributed by atoms with van der Waals surface area (Å²) >= 11 is 0.